The van der Waals surface area contributed by atoms with Crippen LogP contribution in [0.1, 0.15) is 71.3 Å². The van der Waals surface area contributed by atoms with Crippen molar-refractivity contribution < 1.29 is 18.9 Å². The number of aryl methyl sites for hydroxylation is 1. The first-order chi connectivity index (χ1) is 18.0. The average Bonchev–Trinajstić information content (AvgIpc) is 3.37. The first-order valence-corrected chi connectivity index (χ1v) is 13.4. The third kappa shape index (κ3) is 7.44. The first-order valence-electron chi connectivity index (χ1n) is 13.4. The molecule has 0 amide bonds. The summed E-state index contributed by atoms with van der Waals surface area (Å²) in [4.78, 5) is 0. The molecule has 0 saturated carbocycles. The predicted octanol–water partition coefficient (Wildman–Crippen LogP) is 6.53. The van der Waals surface area contributed by atoms with Gasteiger partial charge in [0, 0.05) is 37.5 Å². The van der Waals surface area contributed by atoms with E-state index in [4.69, 9.17) is 18.9 Å². The smallest absolute Gasteiger partial charge is 0.185 e. The number of nitrogens with zero attached hydrogens (tertiary/aromatic N) is 4. The quantitative estimate of drug-likeness (QED) is 0.203. The van der Waals surface area contributed by atoms with E-state index in [2.05, 4.69) is 61.4 Å². The van der Waals surface area contributed by atoms with Gasteiger partial charge in [0.25, 0.3) is 0 Å². The lowest BCUT2D eigenvalue weighted by atomic mass is 9.94. The van der Waals surface area contributed by atoms with Crippen molar-refractivity contribution in [3.8, 4) is 39.8 Å². The van der Waals surface area contributed by atoms with Crippen molar-refractivity contribution in [3.05, 3.63) is 35.9 Å². The van der Waals surface area contributed by atoms with Gasteiger partial charge in [-0.3, -0.25) is 0 Å². The standard InChI is InChI=1S/C29H42N4O4/c1-7-9-16-36-27-20-28(37-17-10-8-2)25(29-30-31-32-33(29)14-11-15-34-5)19-24(27)23-18-22(21(3)4)12-13-26(23)35-6/h12-13,18-21H,7-11,14-17H2,1-6H3. The van der Waals surface area contributed by atoms with Gasteiger partial charge < -0.3 is 18.9 Å². The lowest BCUT2D eigenvalue weighted by Crippen LogP contribution is -2.08. The minimum atomic E-state index is 0.373. The van der Waals surface area contributed by atoms with Crippen molar-refractivity contribution in [1.82, 2.24) is 20.2 Å². The molecule has 202 valence electrons. The van der Waals surface area contributed by atoms with E-state index in [9.17, 15) is 0 Å². The third-order valence-electron chi connectivity index (χ3n) is 6.26. The number of hydrogen-bond acceptors (Lipinski definition) is 7. The second kappa shape index (κ2) is 14.6. The summed E-state index contributed by atoms with van der Waals surface area (Å²) in [5.74, 6) is 3.29. The van der Waals surface area contributed by atoms with Gasteiger partial charge in [-0.05, 0) is 59.4 Å². The van der Waals surface area contributed by atoms with E-state index in [0.29, 0.717) is 43.9 Å². The van der Waals surface area contributed by atoms with Gasteiger partial charge in [-0.2, -0.15) is 0 Å². The van der Waals surface area contributed by atoms with Crippen molar-refractivity contribution in [3.63, 3.8) is 0 Å². The number of tetrazole rings is 1. The molecule has 2 aromatic carbocycles. The molecule has 8 nitrogen and oxygen atoms in total. The highest BCUT2D eigenvalue weighted by Crippen LogP contribution is 2.44. The van der Waals surface area contributed by atoms with Crippen LogP contribution in [0.5, 0.6) is 17.2 Å². The zero-order valence-corrected chi connectivity index (χ0v) is 23.2. The van der Waals surface area contributed by atoms with E-state index in [-0.39, 0.29) is 0 Å². The molecule has 3 aromatic rings. The maximum absolute atomic E-state index is 6.35. The van der Waals surface area contributed by atoms with Crippen LogP contribution in [0.25, 0.3) is 22.5 Å². The van der Waals surface area contributed by atoms with E-state index in [1.165, 1.54) is 5.56 Å². The summed E-state index contributed by atoms with van der Waals surface area (Å²) in [6.45, 7) is 11.2. The summed E-state index contributed by atoms with van der Waals surface area (Å²) in [5.41, 5.74) is 3.96. The van der Waals surface area contributed by atoms with Crippen LogP contribution < -0.4 is 14.2 Å². The summed E-state index contributed by atoms with van der Waals surface area (Å²) in [6, 6.07) is 10.4. The number of hydrogen-bond donors (Lipinski definition) is 0. The maximum Gasteiger partial charge on any atom is 0.185 e. The average molecular weight is 511 g/mol. The Morgan fingerprint density at radius 1 is 0.784 bits per heavy atom. The van der Waals surface area contributed by atoms with Gasteiger partial charge >= 0.3 is 0 Å². The Labute approximate surface area is 221 Å². The summed E-state index contributed by atoms with van der Waals surface area (Å²) >= 11 is 0. The van der Waals surface area contributed by atoms with E-state index >= 15 is 0 Å². The molecular formula is C29H42N4O4. The van der Waals surface area contributed by atoms with Gasteiger partial charge in [0.15, 0.2) is 5.82 Å². The van der Waals surface area contributed by atoms with E-state index in [1.54, 1.807) is 14.2 Å². The molecule has 3 rings (SSSR count). The number of rotatable bonds is 16. The van der Waals surface area contributed by atoms with E-state index in [0.717, 1.165) is 60.3 Å². The highest BCUT2D eigenvalue weighted by atomic mass is 16.5. The number of ether oxygens (including phenoxy) is 4. The summed E-state index contributed by atoms with van der Waals surface area (Å²) in [5, 5.41) is 12.6. The summed E-state index contributed by atoms with van der Waals surface area (Å²) in [7, 11) is 3.40. The Balaban J connectivity index is 2.21. The second-order valence-corrected chi connectivity index (χ2v) is 9.43. The zero-order chi connectivity index (χ0) is 26.6. The molecule has 0 aliphatic heterocycles. The largest absolute Gasteiger partial charge is 0.496 e. The molecule has 0 N–H and O–H groups in total. The molecule has 0 fully saturated rings. The van der Waals surface area contributed by atoms with Gasteiger partial charge in [-0.15, -0.1) is 5.10 Å². The van der Waals surface area contributed by atoms with Crippen LogP contribution >= 0.6 is 0 Å². The minimum Gasteiger partial charge on any atom is -0.496 e. The minimum absolute atomic E-state index is 0.373. The Bertz CT molecular complexity index is 1110. The molecule has 0 atom stereocenters. The number of methoxy groups -OCH3 is 2. The molecule has 0 aliphatic carbocycles. The fourth-order valence-corrected chi connectivity index (χ4v) is 4.04. The van der Waals surface area contributed by atoms with Gasteiger partial charge in [-0.25, -0.2) is 4.68 Å². The van der Waals surface area contributed by atoms with Gasteiger partial charge in [-0.1, -0.05) is 46.6 Å². The number of benzene rings is 2. The summed E-state index contributed by atoms with van der Waals surface area (Å²) < 4.78 is 25.5. The highest BCUT2D eigenvalue weighted by Gasteiger charge is 2.22. The van der Waals surface area contributed by atoms with Gasteiger partial charge in [0.2, 0.25) is 0 Å². The predicted molar refractivity (Wildman–Crippen MR) is 147 cm³/mol. The normalized spacial score (nSPS) is 11.2. The van der Waals surface area contributed by atoms with Crippen LogP contribution in [0.4, 0.5) is 0 Å². The van der Waals surface area contributed by atoms with Gasteiger partial charge in [0.05, 0.1) is 25.9 Å². The van der Waals surface area contributed by atoms with Crippen molar-refractivity contribution in [2.45, 2.75) is 72.3 Å². The molecule has 0 bridgehead atoms. The molecule has 1 heterocycles. The Morgan fingerprint density at radius 3 is 2.08 bits per heavy atom. The fraction of sp³-hybridized carbons (Fsp3) is 0.552. The molecule has 0 spiro atoms. The Hall–Kier alpha value is -3.13. The van der Waals surface area contributed by atoms with E-state index in [1.807, 2.05) is 16.8 Å². The maximum atomic E-state index is 6.35. The van der Waals surface area contributed by atoms with Crippen LogP contribution in [0.15, 0.2) is 30.3 Å². The van der Waals surface area contributed by atoms with Crippen LogP contribution in [-0.4, -0.2) is 54.2 Å². The van der Waals surface area contributed by atoms with Gasteiger partial charge in [0.1, 0.15) is 17.2 Å². The van der Waals surface area contributed by atoms with Crippen molar-refractivity contribution in [1.29, 1.82) is 0 Å². The molecule has 0 aliphatic rings. The lowest BCUT2D eigenvalue weighted by Gasteiger charge is -2.20. The molecule has 8 heteroatoms. The topological polar surface area (TPSA) is 80.5 Å². The SMILES string of the molecule is CCCCOc1cc(OCCCC)c(-c2nnnn2CCCOC)cc1-c1cc(C(C)C)ccc1OC. The van der Waals surface area contributed by atoms with Crippen molar-refractivity contribution in [2.75, 3.05) is 34.0 Å². The number of unbranched alkanes of at least 4 members (excludes halogenated alkanes) is 2. The number of aromatic nitrogens is 4. The molecule has 0 radical (unpaired) electrons. The second-order valence-electron chi connectivity index (χ2n) is 9.43. The zero-order valence-electron chi connectivity index (χ0n) is 23.2. The van der Waals surface area contributed by atoms with Crippen molar-refractivity contribution in [2.24, 2.45) is 0 Å². The van der Waals surface area contributed by atoms with Crippen LogP contribution in [0.3, 0.4) is 0 Å². The first kappa shape index (κ1) is 28.4. The lowest BCUT2D eigenvalue weighted by molar-refractivity contribution is 0.189. The van der Waals surface area contributed by atoms with E-state index < -0.39 is 0 Å². The van der Waals surface area contributed by atoms with Crippen LogP contribution in [0, 0.1) is 0 Å². The third-order valence-corrected chi connectivity index (χ3v) is 6.26. The fourth-order valence-electron chi connectivity index (χ4n) is 4.04. The summed E-state index contributed by atoms with van der Waals surface area (Å²) in [6.07, 6.45) is 4.82. The van der Waals surface area contributed by atoms with Crippen molar-refractivity contribution >= 4 is 0 Å². The molecule has 0 unspecified atom stereocenters. The highest BCUT2D eigenvalue weighted by molar-refractivity contribution is 5.83. The molecule has 0 saturated heterocycles. The monoisotopic (exact) mass is 510 g/mol. The Morgan fingerprint density at radius 2 is 1.46 bits per heavy atom. The Kier molecular flexibility index (Phi) is 11.2. The molecule has 1 aromatic heterocycles. The van der Waals surface area contributed by atoms with Crippen LogP contribution in [-0.2, 0) is 11.3 Å². The molecular weight excluding hydrogens is 468 g/mol. The van der Waals surface area contributed by atoms with Crippen LogP contribution in [0.2, 0.25) is 0 Å². The molecule has 37 heavy (non-hydrogen) atoms.